The van der Waals surface area contributed by atoms with E-state index in [0.29, 0.717) is 5.82 Å². The van der Waals surface area contributed by atoms with Crippen LogP contribution in [0.1, 0.15) is 22.3 Å². The van der Waals surface area contributed by atoms with E-state index in [0.717, 1.165) is 28.1 Å². The molecule has 10 aromatic carbocycles. The second-order valence-corrected chi connectivity index (χ2v) is 16.0. The quantitative estimate of drug-likeness (QED) is 0.157. The highest BCUT2D eigenvalue weighted by Crippen LogP contribution is 2.57. The summed E-state index contributed by atoms with van der Waals surface area (Å²) in [7, 11) is 0. The van der Waals surface area contributed by atoms with Crippen molar-refractivity contribution in [2.24, 2.45) is 0 Å². The summed E-state index contributed by atoms with van der Waals surface area (Å²) in [5.41, 5.74) is 14.5. The Morgan fingerprint density at radius 1 is 0.279 bits per heavy atom. The molecular formula is C59H38N2. The van der Waals surface area contributed by atoms with Crippen LogP contribution in [-0.4, -0.2) is 9.97 Å². The SMILES string of the molecule is c1ccc(-c2cc(-c3ccccc3)nc(-c3ccc4c5ccccc5c5cccc(-c6ccc7c(c6)C(c6ccccc6)(c6ccccc6)c6ccccc6-7)c5c4c3)n2)cc1. The molecule has 2 nitrogen and oxygen atoms in total. The van der Waals surface area contributed by atoms with Gasteiger partial charge in [-0.05, 0) is 95.0 Å². The molecule has 0 aliphatic heterocycles. The number of hydrogen-bond acceptors (Lipinski definition) is 2. The Hall–Kier alpha value is -7.94. The number of aromatic nitrogens is 2. The molecule has 12 rings (SSSR count). The third-order valence-electron chi connectivity index (χ3n) is 12.8. The number of fused-ring (bicyclic) bond motifs is 9. The Morgan fingerprint density at radius 3 is 1.43 bits per heavy atom. The van der Waals surface area contributed by atoms with E-state index >= 15 is 0 Å². The minimum Gasteiger partial charge on any atom is -0.228 e. The molecule has 1 aliphatic rings. The topological polar surface area (TPSA) is 25.8 Å². The monoisotopic (exact) mass is 774 g/mol. The number of hydrogen-bond donors (Lipinski definition) is 0. The lowest BCUT2D eigenvalue weighted by Gasteiger charge is -2.34. The maximum absolute atomic E-state index is 5.25. The molecule has 0 fully saturated rings. The first-order valence-corrected chi connectivity index (χ1v) is 21.0. The molecule has 1 heterocycles. The molecule has 0 bridgehead atoms. The predicted octanol–water partition coefficient (Wildman–Crippen LogP) is 15.0. The largest absolute Gasteiger partial charge is 0.228 e. The van der Waals surface area contributed by atoms with Gasteiger partial charge in [0.05, 0.1) is 16.8 Å². The lowest BCUT2D eigenvalue weighted by molar-refractivity contribution is 0.769. The van der Waals surface area contributed by atoms with Gasteiger partial charge in [0.1, 0.15) is 0 Å². The fourth-order valence-electron chi connectivity index (χ4n) is 10.1. The summed E-state index contributed by atoms with van der Waals surface area (Å²) in [5.74, 6) is 0.701. The fourth-order valence-corrected chi connectivity index (χ4v) is 10.1. The van der Waals surface area contributed by atoms with Gasteiger partial charge in [-0.2, -0.15) is 0 Å². The molecule has 284 valence electrons. The van der Waals surface area contributed by atoms with E-state index in [1.165, 1.54) is 76.8 Å². The van der Waals surface area contributed by atoms with E-state index in [-0.39, 0.29) is 0 Å². The van der Waals surface area contributed by atoms with Crippen molar-refractivity contribution < 1.29 is 0 Å². The molecule has 0 N–H and O–H groups in total. The second kappa shape index (κ2) is 14.1. The van der Waals surface area contributed by atoms with Crippen LogP contribution in [0.3, 0.4) is 0 Å². The molecule has 1 aliphatic carbocycles. The predicted molar refractivity (Wildman–Crippen MR) is 254 cm³/mol. The molecule has 61 heavy (non-hydrogen) atoms. The van der Waals surface area contributed by atoms with Crippen LogP contribution >= 0.6 is 0 Å². The van der Waals surface area contributed by atoms with Crippen LogP contribution in [0, 0.1) is 0 Å². The van der Waals surface area contributed by atoms with Gasteiger partial charge in [-0.3, -0.25) is 0 Å². The molecule has 0 saturated heterocycles. The lowest BCUT2D eigenvalue weighted by atomic mass is 9.67. The highest BCUT2D eigenvalue weighted by molar-refractivity contribution is 6.28. The molecule has 0 amide bonds. The van der Waals surface area contributed by atoms with Crippen molar-refractivity contribution in [1.82, 2.24) is 9.97 Å². The van der Waals surface area contributed by atoms with Gasteiger partial charge in [0.15, 0.2) is 5.82 Å². The first-order valence-electron chi connectivity index (χ1n) is 21.0. The van der Waals surface area contributed by atoms with Crippen molar-refractivity contribution >= 4 is 32.3 Å². The summed E-state index contributed by atoms with van der Waals surface area (Å²) in [6.45, 7) is 0. The van der Waals surface area contributed by atoms with E-state index in [1.807, 2.05) is 12.1 Å². The molecule has 0 atom stereocenters. The van der Waals surface area contributed by atoms with Crippen molar-refractivity contribution in [3.63, 3.8) is 0 Å². The van der Waals surface area contributed by atoms with Crippen LogP contribution in [-0.2, 0) is 5.41 Å². The van der Waals surface area contributed by atoms with Crippen molar-refractivity contribution in [3.8, 4) is 56.2 Å². The van der Waals surface area contributed by atoms with E-state index in [1.54, 1.807) is 0 Å². The van der Waals surface area contributed by atoms with Crippen LogP contribution in [0.15, 0.2) is 231 Å². The molecule has 0 spiro atoms. The van der Waals surface area contributed by atoms with Crippen LogP contribution < -0.4 is 0 Å². The first kappa shape index (κ1) is 35.0. The zero-order chi connectivity index (χ0) is 40.3. The summed E-state index contributed by atoms with van der Waals surface area (Å²) >= 11 is 0. The standard InChI is InChI=1S/C59H38N2/c1-5-18-39(19-6-1)55-38-56(40-20-7-2-8-21-40)61-58(60-55)42-33-34-48-46-26-13-14-27-47(46)51-30-17-29-45(57(51)52(48)36-42)41-32-35-50-49-28-15-16-31-53(49)59(54(50)37-41,43-22-9-3-10-23-43)44-24-11-4-12-25-44/h1-38H. The van der Waals surface area contributed by atoms with Crippen molar-refractivity contribution in [3.05, 3.63) is 253 Å². The van der Waals surface area contributed by atoms with Gasteiger partial charge in [-0.1, -0.05) is 212 Å². The zero-order valence-corrected chi connectivity index (χ0v) is 33.3. The molecule has 2 heteroatoms. The molecule has 0 saturated carbocycles. The first-order chi connectivity index (χ1) is 30.3. The summed E-state index contributed by atoms with van der Waals surface area (Å²) in [6.07, 6.45) is 0. The van der Waals surface area contributed by atoms with Crippen LogP contribution in [0.25, 0.3) is 88.5 Å². The van der Waals surface area contributed by atoms with Crippen molar-refractivity contribution in [2.45, 2.75) is 5.41 Å². The maximum Gasteiger partial charge on any atom is 0.160 e. The minimum atomic E-state index is -0.492. The highest BCUT2D eigenvalue weighted by atomic mass is 14.9. The molecule has 0 unspecified atom stereocenters. The maximum atomic E-state index is 5.25. The fraction of sp³-hybridized carbons (Fsp3) is 0.0169. The van der Waals surface area contributed by atoms with Crippen LogP contribution in [0.5, 0.6) is 0 Å². The number of nitrogens with zero attached hydrogens (tertiary/aromatic N) is 2. The Labute approximate surface area is 355 Å². The van der Waals surface area contributed by atoms with Gasteiger partial charge in [-0.25, -0.2) is 9.97 Å². The third kappa shape index (κ3) is 5.50. The normalized spacial score (nSPS) is 12.7. The Bertz CT molecular complexity index is 3350. The van der Waals surface area contributed by atoms with Gasteiger partial charge >= 0.3 is 0 Å². The Morgan fingerprint density at radius 2 is 0.770 bits per heavy atom. The van der Waals surface area contributed by atoms with E-state index < -0.39 is 5.41 Å². The second-order valence-electron chi connectivity index (χ2n) is 16.0. The minimum absolute atomic E-state index is 0.492. The van der Waals surface area contributed by atoms with E-state index in [9.17, 15) is 0 Å². The summed E-state index contributed by atoms with van der Waals surface area (Å²) in [6, 6.07) is 83.6. The Kier molecular flexibility index (Phi) is 8.11. The number of benzene rings is 10. The van der Waals surface area contributed by atoms with Crippen LogP contribution in [0.4, 0.5) is 0 Å². The average molecular weight is 775 g/mol. The van der Waals surface area contributed by atoms with Crippen molar-refractivity contribution in [2.75, 3.05) is 0 Å². The van der Waals surface area contributed by atoms with Gasteiger partial charge in [0.2, 0.25) is 0 Å². The van der Waals surface area contributed by atoms with E-state index in [2.05, 4.69) is 218 Å². The highest BCUT2D eigenvalue weighted by Gasteiger charge is 2.46. The third-order valence-corrected chi connectivity index (χ3v) is 12.8. The van der Waals surface area contributed by atoms with Gasteiger partial charge in [0, 0.05) is 16.7 Å². The van der Waals surface area contributed by atoms with Crippen LogP contribution in [0.2, 0.25) is 0 Å². The molecular weight excluding hydrogens is 737 g/mol. The molecule has 1 aromatic heterocycles. The number of rotatable bonds is 6. The average Bonchev–Trinajstić information content (AvgIpc) is 3.65. The van der Waals surface area contributed by atoms with Gasteiger partial charge in [-0.15, -0.1) is 0 Å². The lowest BCUT2D eigenvalue weighted by Crippen LogP contribution is -2.28. The summed E-state index contributed by atoms with van der Waals surface area (Å²) in [4.78, 5) is 10.5. The van der Waals surface area contributed by atoms with Crippen molar-refractivity contribution in [1.29, 1.82) is 0 Å². The summed E-state index contributed by atoms with van der Waals surface area (Å²) in [5, 5.41) is 7.30. The zero-order valence-electron chi connectivity index (χ0n) is 33.3. The summed E-state index contributed by atoms with van der Waals surface area (Å²) < 4.78 is 0. The van der Waals surface area contributed by atoms with Gasteiger partial charge in [0.25, 0.3) is 0 Å². The molecule has 11 aromatic rings. The smallest absolute Gasteiger partial charge is 0.160 e. The van der Waals surface area contributed by atoms with E-state index in [4.69, 9.17) is 9.97 Å². The molecule has 0 radical (unpaired) electrons. The Balaban J connectivity index is 1.13. The van der Waals surface area contributed by atoms with Gasteiger partial charge < -0.3 is 0 Å².